The maximum absolute atomic E-state index is 12.8. The molecule has 2 heterocycles. The first-order chi connectivity index (χ1) is 11.7. The van der Waals surface area contributed by atoms with E-state index in [-0.39, 0.29) is 18.2 Å². The third-order valence-corrected chi connectivity index (χ3v) is 3.96. The Labute approximate surface area is 140 Å². The number of ether oxygens (including phenoxy) is 1. The van der Waals surface area contributed by atoms with Gasteiger partial charge in [-0.25, -0.2) is 0 Å². The Kier molecular flexibility index (Phi) is 4.86. The molecule has 0 saturated carbocycles. The number of carbonyl (C=O) groups excluding carboxylic acids is 2. The number of anilines is 1. The maximum atomic E-state index is 12.8. The predicted molar refractivity (Wildman–Crippen MR) is 89.7 cm³/mol. The monoisotopic (exact) mass is 325 g/mol. The van der Waals surface area contributed by atoms with Crippen LogP contribution in [0.25, 0.3) is 0 Å². The lowest BCUT2D eigenvalue weighted by Crippen LogP contribution is -2.34. The minimum Gasteiger partial charge on any atom is -0.383 e. The van der Waals surface area contributed by atoms with Crippen molar-refractivity contribution in [2.24, 2.45) is 0 Å². The highest BCUT2D eigenvalue weighted by atomic mass is 16.5. The van der Waals surface area contributed by atoms with Crippen molar-refractivity contribution in [1.29, 1.82) is 0 Å². The molecule has 24 heavy (non-hydrogen) atoms. The van der Waals surface area contributed by atoms with Crippen molar-refractivity contribution >= 4 is 17.5 Å². The van der Waals surface area contributed by atoms with Crippen LogP contribution in [0.1, 0.15) is 28.5 Å². The number of hydrogen-bond acceptors (Lipinski definition) is 4. The van der Waals surface area contributed by atoms with E-state index in [2.05, 4.69) is 10.3 Å². The molecule has 3 rings (SSSR count). The molecular weight excluding hydrogens is 306 g/mol. The summed E-state index contributed by atoms with van der Waals surface area (Å²) in [5.41, 5.74) is 1.96. The first kappa shape index (κ1) is 16.1. The van der Waals surface area contributed by atoms with Crippen LogP contribution >= 0.6 is 0 Å². The van der Waals surface area contributed by atoms with E-state index in [4.69, 9.17) is 4.74 Å². The van der Waals surface area contributed by atoms with E-state index in [0.29, 0.717) is 24.4 Å². The summed E-state index contributed by atoms with van der Waals surface area (Å²) in [6, 6.07) is 12.4. The maximum Gasteiger partial charge on any atom is 0.260 e. The minimum absolute atomic E-state index is 0.126. The molecule has 124 valence electrons. The van der Waals surface area contributed by atoms with Crippen molar-refractivity contribution in [1.82, 2.24) is 10.3 Å². The second-order valence-corrected chi connectivity index (χ2v) is 5.51. The Balaban J connectivity index is 1.87. The zero-order valence-electron chi connectivity index (χ0n) is 13.4. The summed E-state index contributed by atoms with van der Waals surface area (Å²) in [6.45, 7) is 0.892. The van der Waals surface area contributed by atoms with Crippen molar-refractivity contribution < 1.29 is 14.3 Å². The number of nitrogens with zero attached hydrogens (tertiary/aromatic N) is 2. The number of aromatic nitrogens is 1. The number of para-hydroxylation sites is 1. The van der Waals surface area contributed by atoms with Crippen LogP contribution in [0.15, 0.2) is 48.7 Å². The summed E-state index contributed by atoms with van der Waals surface area (Å²) in [4.78, 5) is 31.0. The van der Waals surface area contributed by atoms with Crippen LogP contribution in [0, 0.1) is 0 Å². The summed E-state index contributed by atoms with van der Waals surface area (Å²) in [5, 5.41) is 2.80. The van der Waals surface area contributed by atoms with E-state index in [1.165, 1.54) is 0 Å². The SMILES string of the molecule is COCCNC(=O)CC1c2ncccc2C(=O)N1c1ccccc1. The number of fused-ring (bicyclic) bond motifs is 1. The Morgan fingerprint density at radius 1 is 1.25 bits per heavy atom. The standard InChI is InChI=1S/C18H19N3O3/c1-24-11-10-19-16(22)12-15-17-14(8-5-9-20-17)18(23)21(15)13-6-3-2-4-7-13/h2-9,15H,10-12H2,1H3,(H,19,22). The second-order valence-electron chi connectivity index (χ2n) is 5.51. The van der Waals surface area contributed by atoms with Crippen molar-refractivity contribution in [3.8, 4) is 0 Å². The number of pyridine rings is 1. The molecule has 1 aliphatic heterocycles. The zero-order valence-corrected chi connectivity index (χ0v) is 13.4. The van der Waals surface area contributed by atoms with Crippen LogP contribution in [0.4, 0.5) is 5.69 Å². The lowest BCUT2D eigenvalue weighted by atomic mass is 10.1. The molecule has 1 aromatic carbocycles. The van der Waals surface area contributed by atoms with Crippen molar-refractivity contribution in [2.75, 3.05) is 25.2 Å². The highest BCUT2D eigenvalue weighted by molar-refractivity contribution is 6.11. The van der Waals surface area contributed by atoms with Crippen LogP contribution < -0.4 is 10.2 Å². The molecule has 0 spiro atoms. The Morgan fingerprint density at radius 3 is 2.79 bits per heavy atom. The predicted octanol–water partition coefficient (Wildman–Crippen LogP) is 1.94. The lowest BCUT2D eigenvalue weighted by molar-refractivity contribution is -0.121. The lowest BCUT2D eigenvalue weighted by Gasteiger charge is -2.24. The summed E-state index contributed by atoms with van der Waals surface area (Å²) >= 11 is 0. The minimum atomic E-state index is -0.404. The van der Waals surface area contributed by atoms with E-state index in [1.807, 2.05) is 30.3 Å². The third-order valence-electron chi connectivity index (χ3n) is 3.96. The van der Waals surface area contributed by atoms with Gasteiger partial charge in [0, 0.05) is 25.5 Å². The van der Waals surface area contributed by atoms with Crippen LogP contribution in [-0.2, 0) is 9.53 Å². The van der Waals surface area contributed by atoms with Gasteiger partial charge in [-0.15, -0.1) is 0 Å². The number of benzene rings is 1. The molecule has 6 heteroatoms. The van der Waals surface area contributed by atoms with Gasteiger partial charge in [0.1, 0.15) is 0 Å². The quantitative estimate of drug-likeness (QED) is 0.824. The first-order valence-corrected chi connectivity index (χ1v) is 7.81. The van der Waals surface area contributed by atoms with E-state index in [1.54, 1.807) is 30.3 Å². The van der Waals surface area contributed by atoms with Crippen LogP contribution in [-0.4, -0.2) is 37.1 Å². The van der Waals surface area contributed by atoms with Gasteiger partial charge in [-0.05, 0) is 24.3 Å². The third kappa shape index (κ3) is 3.14. The molecule has 0 fully saturated rings. The Hall–Kier alpha value is -2.73. The molecule has 1 N–H and O–H groups in total. The van der Waals surface area contributed by atoms with Crippen LogP contribution in [0.2, 0.25) is 0 Å². The second kappa shape index (κ2) is 7.23. The van der Waals surface area contributed by atoms with Crippen LogP contribution in [0.3, 0.4) is 0 Å². The molecule has 1 atom stereocenters. The molecule has 0 saturated heterocycles. The van der Waals surface area contributed by atoms with Gasteiger partial charge in [-0.1, -0.05) is 18.2 Å². The first-order valence-electron chi connectivity index (χ1n) is 7.81. The highest BCUT2D eigenvalue weighted by Crippen LogP contribution is 2.37. The largest absolute Gasteiger partial charge is 0.383 e. The molecule has 1 aromatic heterocycles. The summed E-state index contributed by atoms with van der Waals surface area (Å²) in [6.07, 6.45) is 1.81. The molecule has 2 aromatic rings. The Bertz CT molecular complexity index is 733. The van der Waals surface area contributed by atoms with Crippen molar-refractivity contribution in [3.63, 3.8) is 0 Å². The normalized spacial score (nSPS) is 16.1. The van der Waals surface area contributed by atoms with Gasteiger partial charge < -0.3 is 10.1 Å². The van der Waals surface area contributed by atoms with E-state index in [0.717, 1.165) is 5.69 Å². The molecule has 1 aliphatic rings. The number of amides is 2. The van der Waals surface area contributed by atoms with Gasteiger partial charge in [0.15, 0.2) is 0 Å². The van der Waals surface area contributed by atoms with Crippen LogP contribution in [0.5, 0.6) is 0 Å². The van der Waals surface area contributed by atoms with Crippen molar-refractivity contribution in [3.05, 3.63) is 59.9 Å². The Morgan fingerprint density at radius 2 is 2.04 bits per heavy atom. The molecule has 0 bridgehead atoms. The summed E-state index contributed by atoms with van der Waals surface area (Å²) in [7, 11) is 1.58. The van der Waals surface area contributed by atoms with E-state index < -0.39 is 6.04 Å². The summed E-state index contributed by atoms with van der Waals surface area (Å²) < 4.78 is 4.93. The van der Waals surface area contributed by atoms with Gasteiger partial charge in [0.05, 0.1) is 30.3 Å². The van der Waals surface area contributed by atoms with Gasteiger partial charge in [0.25, 0.3) is 5.91 Å². The van der Waals surface area contributed by atoms with Gasteiger partial charge in [-0.3, -0.25) is 19.5 Å². The van der Waals surface area contributed by atoms with Gasteiger partial charge in [0.2, 0.25) is 5.91 Å². The average Bonchev–Trinajstić information content (AvgIpc) is 2.88. The van der Waals surface area contributed by atoms with Crippen molar-refractivity contribution in [2.45, 2.75) is 12.5 Å². The number of nitrogens with one attached hydrogen (secondary N) is 1. The fraction of sp³-hybridized carbons (Fsp3) is 0.278. The summed E-state index contributed by atoms with van der Waals surface area (Å²) in [5.74, 6) is -0.261. The molecule has 6 nitrogen and oxygen atoms in total. The molecule has 1 unspecified atom stereocenters. The fourth-order valence-electron chi connectivity index (χ4n) is 2.87. The number of hydrogen-bond donors (Lipinski definition) is 1. The van der Waals surface area contributed by atoms with Gasteiger partial charge >= 0.3 is 0 Å². The fourth-order valence-corrected chi connectivity index (χ4v) is 2.87. The number of carbonyl (C=O) groups is 2. The molecular formula is C18H19N3O3. The number of methoxy groups -OCH3 is 1. The van der Waals surface area contributed by atoms with E-state index >= 15 is 0 Å². The van der Waals surface area contributed by atoms with E-state index in [9.17, 15) is 9.59 Å². The molecule has 0 radical (unpaired) electrons. The molecule has 2 amide bonds. The highest BCUT2D eigenvalue weighted by Gasteiger charge is 2.39. The molecule has 0 aliphatic carbocycles. The topological polar surface area (TPSA) is 71.5 Å². The average molecular weight is 325 g/mol. The smallest absolute Gasteiger partial charge is 0.260 e. The van der Waals surface area contributed by atoms with Gasteiger partial charge in [-0.2, -0.15) is 0 Å². The number of rotatable bonds is 6. The zero-order chi connectivity index (χ0) is 16.9.